The second kappa shape index (κ2) is 6.25. The lowest BCUT2D eigenvalue weighted by molar-refractivity contribution is 0.584. The number of rotatable bonds is 4. The normalized spacial score (nSPS) is 12.3. The summed E-state index contributed by atoms with van der Waals surface area (Å²) in [4.78, 5) is 10.9. The van der Waals surface area contributed by atoms with Crippen LogP contribution in [0.25, 0.3) is 11.3 Å². The Bertz CT molecular complexity index is 773. The topological polar surface area (TPSA) is 67.6 Å². The van der Waals surface area contributed by atoms with Crippen LogP contribution in [0.15, 0.2) is 48.7 Å². The first-order valence-corrected chi connectivity index (χ1v) is 7.18. The molecule has 112 valence electrons. The van der Waals surface area contributed by atoms with Crippen molar-refractivity contribution in [2.75, 3.05) is 0 Å². The van der Waals surface area contributed by atoms with E-state index in [0.29, 0.717) is 28.7 Å². The summed E-state index contributed by atoms with van der Waals surface area (Å²) < 4.78 is 13.2. The Labute approximate surface area is 132 Å². The molecule has 0 radical (unpaired) electrons. The Morgan fingerprint density at radius 2 is 2.00 bits per heavy atom. The number of nitrogens with one attached hydrogen (secondary N) is 1. The third-order valence-corrected chi connectivity index (χ3v) is 3.60. The molecule has 3 N–H and O–H groups in total. The van der Waals surface area contributed by atoms with Crippen LogP contribution in [0.3, 0.4) is 0 Å². The predicted octanol–water partition coefficient (Wildman–Crippen LogP) is 3.51. The monoisotopic (exact) mass is 316 g/mol. The number of pyridine rings is 1. The van der Waals surface area contributed by atoms with Gasteiger partial charge in [0.05, 0.1) is 6.04 Å². The number of halogens is 2. The molecule has 3 aromatic rings. The molecule has 0 aliphatic heterocycles. The Morgan fingerprint density at radius 3 is 2.73 bits per heavy atom. The van der Waals surface area contributed by atoms with Crippen molar-refractivity contribution in [2.45, 2.75) is 12.5 Å². The van der Waals surface area contributed by atoms with Gasteiger partial charge in [-0.1, -0.05) is 41.9 Å². The third-order valence-electron chi connectivity index (χ3n) is 3.33. The van der Waals surface area contributed by atoms with Crippen molar-refractivity contribution < 1.29 is 4.39 Å². The van der Waals surface area contributed by atoms with E-state index in [-0.39, 0.29) is 6.04 Å². The Balaban J connectivity index is 1.85. The number of benzene rings is 1. The maximum atomic E-state index is 13.2. The van der Waals surface area contributed by atoms with Crippen LogP contribution in [0.2, 0.25) is 5.15 Å². The second-order valence-corrected chi connectivity index (χ2v) is 5.33. The van der Waals surface area contributed by atoms with E-state index in [4.69, 9.17) is 17.3 Å². The summed E-state index contributed by atoms with van der Waals surface area (Å²) in [6.45, 7) is 0. The first-order chi connectivity index (χ1) is 10.6. The fourth-order valence-corrected chi connectivity index (χ4v) is 2.50. The van der Waals surface area contributed by atoms with Crippen molar-refractivity contribution >= 4 is 11.6 Å². The lowest BCUT2D eigenvalue weighted by atomic mass is 10.1. The minimum absolute atomic E-state index is 0.319. The lowest BCUT2D eigenvalue weighted by Crippen LogP contribution is -2.15. The third kappa shape index (κ3) is 3.16. The highest BCUT2D eigenvalue weighted by Gasteiger charge is 2.16. The molecule has 2 heterocycles. The molecule has 1 aromatic carbocycles. The SMILES string of the molecule is NC(Cc1ccccc1)c1nc(-c2ccnc(F)c2)c(Cl)[nH]1. The van der Waals surface area contributed by atoms with Gasteiger partial charge in [0.2, 0.25) is 5.95 Å². The number of hydrogen-bond acceptors (Lipinski definition) is 3. The first-order valence-electron chi connectivity index (χ1n) is 6.80. The number of aromatic nitrogens is 3. The van der Waals surface area contributed by atoms with E-state index >= 15 is 0 Å². The van der Waals surface area contributed by atoms with E-state index in [1.54, 1.807) is 6.07 Å². The number of hydrogen-bond donors (Lipinski definition) is 2. The Hall–Kier alpha value is -2.24. The fraction of sp³-hybridized carbons (Fsp3) is 0.125. The van der Waals surface area contributed by atoms with Gasteiger partial charge in [-0.05, 0) is 18.1 Å². The predicted molar refractivity (Wildman–Crippen MR) is 83.9 cm³/mol. The average Bonchev–Trinajstić information content (AvgIpc) is 2.90. The van der Waals surface area contributed by atoms with Crippen LogP contribution >= 0.6 is 11.6 Å². The van der Waals surface area contributed by atoms with E-state index in [1.165, 1.54) is 12.3 Å². The number of nitrogens with zero attached hydrogens (tertiary/aromatic N) is 2. The van der Waals surface area contributed by atoms with Gasteiger partial charge in [0.25, 0.3) is 0 Å². The van der Waals surface area contributed by atoms with Gasteiger partial charge in [-0.15, -0.1) is 0 Å². The molecule has 0 spiro atoms. The molecule has 0 saturated carbocycles. The summed E-state index contributed by atoms with van der Waals surface area (Å²) in [7, 11) is 0. The van der Waals surface area contributed by atoms with Crippen LogP contribution in [0, 0.1) is 5.95 Å². The van der Waals surface area contributed by atoms with E-state index in [1.807, 2.05) is 30.3 Å². The van der Waals surface area contributed by atoms with Crippen LogP contribution in [0.4, 0.5) is 4.39 Å². The zero-order valence-electron chi connectivity index (χ0n) is 11.6. The first kappa shape index (κ1) is 14.7. The molecule has 6 heteroatoms. The number of imidazole rings is 1. The summed E-state index contributed by atoms with van der Waals surface area (Å²) >= 11 is 6.16. The lowest BCUT2D eigenvalue weighted by Gasteiger charge is -2.08. The van der Waals surface area contributed by atoms with Gasteiger partial charge in [0, 0.05) is 17.8 Å². The summed E-state index contributed by atoms with van der Waals surface area (Å²) in [6.07, 6.45) is 2.01. The van der Waals surface area contributed by atoms with Crippen LogP contribution in [0.1, 0.15) is 17.4 Å². The molecule has 4 nitrogen and oxygen atoms in total. The van der Waals surface area contributed by atoms with Gasteiger partial charge >= 0.3 is 0 Å². The maximum absolute atomic E-state index is 13.2. The van der Waals surface area contributed by atoms with Gasteiger partial charge in [0.15, 0.2) is 0 Å². The Morgan fingerprint density at radius 1 is 1.23 bits per heavy atom. The molecule has 2 aromatic heterocycles. The van der Waals surface area contributed by atoms with Gasteiger partial charge < -0.3 is 10.7 Å². The molecular formula is C16H14ClFN4. The van der Waals surface area contributed by atoms with Gasteiger partial charge in [-0.2, -0.15) is 4.39 Å². The quantitative estimate of drug-likeness (QED) is 0.724. The number of H-pyrrole nitrogens is 1. The van der Waals surface area contributed by atoms with Crippen molar-refractivity contribution in [1.29, 1.82) is 0 Å². The minimum atomic E-state index is -0.577. The van der Waals surface area contributed by atoms with Crippen molar-refractivity contribution in [3.05, 3.63) is 71.2 Å². The van der Waals surface area contributed by atoms with Crippen LogP contribution in [-0.4, -0.2) is 15.0 Å². The molecule has 0 bridgehead atoms. The molecule has 22 heavy (non-hydrogen) atoms. The van der Waals surface area contributed by atoms with Crippen molar-refractivity contribution in [3.8, 4) is 11.3 Å². The van der Waals surface area contributed by atoms with Gasteiger partial charge in [-0.3, -0.25) is 0 Å². The highest BCUT2D eigenvalue weighted by molar-refractivity contribution is 6.31. The summed E-state index contributed by atoms with van der Waals surface area (Å²) in [6, 6.07) is 12.5. The average molecular weight is 317 g/mol. The smallest absolute Gasteiger partial charge is 0.213 e. The molecule has 1 unspecified atom stereocenters. The molecule has 0 aliphatic carbocycles. The highest BCUT2D eigenvalue weighted by atomic mass is 35.5. The van der Waals surface area contributed by atoms with E-state index in [0.717, 1.165) is 5.56 Å². The zero-order valence-corrected chi connectivity index (χ0v) is 12.4. The molecule has 1 atom stereocenters. The molecule has 0 fully saturated rings. The van der Waals surface area contributed by atoms with Crippen molar-refractivity contribution in [3.63, 3.8) is 0 Å². The number of aromatic amines is 1. The summed E-state index contributed by atoms with van der Waals surface area (Å²) in [5.74, 6) is -0.00669. The summed E-state index contributed by atoms with van der Waals surface area (Å²) in [5.41, 5.74) is 8.32. The molecular weight excluding hydrogens is 303 g/mol. The van der Waals surface area contributed by atoms with Crippen LogP contribution in [-0.2, 0) is 6.42 Å². The van der Waals surface area contributed by atoms with Gasteiger partial charge in [-0.25, -0.2) is 9.97 Å². The van der Waals surface area contributed by atoms with Gasteiger partial charge in [0.1, 0.15) is 16.7 Å². The van der Waals surface area contributed by atoms with E-state index in [2.05, 4.69) is 15.0 Å². The number of nitrogens with two attached hydrogens (primary N) is 1. The zero-order chi connectivity index (χ0) is 15.5. The maximum Gasteiger partial charge on any atom is 0.213 e. The van der Waals surface area contributed by atoms with Crippen molar-refractivity contribution in [2.24, 2.45) is 5.73 Å². The molecule has 0 aliphatic rings. The molecule has 0 saturated heterocycles. The van der Waals surface area contributed by atoms with Crippen LogP contribution in [0.5, 0.6) is 0 Å². The fourth-order valence-electron chi connectivity index (χ4n) is 2.25. The standard InChI is InChI=1S/C16H14ClFN4/c17-15-14(11-6-7-20-13(18)9-11)21-16(22-15)12(19)8-10-4-2-1-3-5-10/h1-7,9,12H,8,19H2,(H,21,22). The second-order valence-electron chi connectivity index (χ2n) is 4.95. The van der Waals surface area contributed by atoms with Crippen molar-refractivity contribution in [1.82, 2.24) is 15.0 Å². The molecule has 3 rings (SSSR count). The minimum Gasteiger partial charge on any atom is -0.331 e. The van der Waals surface area contributed by atoms with E-state index in [9.17, 15) is 4.39 Å². The van der Waals surface area contributed by atoms with E-state index < -0.39 is 5.95 Å². The molecule has 0 amide bonds. The summed E-state index contributed by atoms with van der Waals surface area (Å²) in [5, 5.41) is 0.337. The largest absolute Gasteiger partial charge is 0.331 e. The van der Waals surface area contributed by atoms with Crippen LogP contribution < -0.4 is 5.73 Å². The highest BCUT2D eigenvalue weighted by Crippen LogP contribution is 2.27. The Kier molecular flexibility index (Phi) is 4.18.